The van der Waals surface area contributed by atoms with Gasteiger partial charge in [0.05, 0.1) is 0 Å². The normalized spacial score (nSPS) is 12.4. The molecule has 0 aliphatic heterocycles. The van der Waals surface area contributed by atoms with Crippen LogP contribution < -0.4 is 0 Å². The number of rotatable bonds is 14. The SMILES string of the molecule is CCC=C[Si](OCCCC)(OCCCC)OCCCC. The van der Waals surface area contributed by atoms with E-state index in [9.17, 15) is 0 Å². The van der Waals surface area contributed by atoms with E-state index >= 15 is 0 Å². The maximum absolute atomic E-state index is 6.07. The Morgan fingerprint density at radius 1 is 0.700 bits per heavy atom. The minimum atomic E-state index is -2.61. The van der Waals surface area contributed by atoms with Crippen LogP contribution in [0.2, 0.25) is 0 Å². The summed E-state index contributed by atoms with van der Waals surface area (Å²) in [4.78, 5) is 0. The second kappa shape index (κ2) is 13.8. The first-order valence-corrected chi connectivity index (χ1v) is 10.1. The number of unbranched alkanes of at least 4 members (excludes halogenated alkanes) is 3. The summed E-state index contributed by atoms with van der Waals surface area (Å²) in [6, 6.07) is 0. The Labute approximate surface area is 127 Å². The van der Waals surface area contributed by atoms with Gasteiger partial charge in [-0.2, -0.15) is 0 Å². The van der Waals surface area contributed by atoms with Gasteiger partial charge in [0.25, 0.3) is 0 Å². The first-order chi connectivity index (χ1) is 9.74. The van der Waals surface area contributed by atoms with Crippen LogP contribution in [0.4, 0.5) is 0 Å². The molecule has 0 aliphatic rings. The molecule has 0 saturated heterocycles. The summed E-state index contributed by atoms with van der Waals surface area (Å²) < 4.78 is 18.2. The molecular formula is C16H34O3Si. The van der Waals surface area contributed by atoms with Gasteiger partial charge >= 0.3 is 8.80 Å². The predicted octanol–water partition coefficient (Wildman–Crippen LogP) is 4.88. The van der Waals surface area contributed by atoms with E-state index in [0.29, 0.717) is 0 Å². The van der Waals surface area contributed by atoms with E-state index in [1.165, 1.54) is 0 Å². The van der Waals surface area contributed by atoms with E-state index in [-0.39, 0.29) is 0 Å². The molecule has 0 N–H and O–H groups in total. The van der Waals surface area contributed by atoms with Gasteiger partial charge in [0.1, 0.15) is 0 Å². The molecule has 0 saturated carbocycles. The zero-order valence-corrected chi connectivity index (χ0v) is 15.0. The molecule has 0 heterocycles. The summed E-state index contributed by atoms with van der Waals surface area (Å²) in [6.07, 6.45) is 9.68. The van der Waals surface area contributed by atoms with Crippen LogP contribution in [0.3, 0.4) is 0 Å². The monoisotopic (exact) mass is 302 g/mol. The third-order valence-electron chi connectivity index (χ3n) is 2.96. The van der Waals surface area contributed by atoms with Gasteiger partial charge in [-0.05, 0) is 31.4 Å². The Morgan fingerprint density at radius 2 is 1.10 bits per heavy atom. The highest BCUT2D eigenvalue weighted by Crippen LogP contribution is 2.15. The Bertz CT molecular complexity index is 205. The zero-order chi connectivity index (χ0) is 15.1. The molecule has 3 nitrogen and oxygen atoms in total. The lowest BCUT2D eigenvalue weighted by molar-refractivity contribution is 0.0684. The molecule has 0 bridgehead atoms. The van der Waals surface area contributed by atoms with Crippen molar-refractivity contribution >= 4 is 8.80 Å². The summed E-state index contributed by atoms with van der Waals surface area (Å²) in [5, 5.41) is 0. The summed E-state index contributed by atoms with van der Waals surface area (Å²) in [7, 11) is -2.61. The Balaban J connectivity index is 4.61. The summed E-state index contributed by atoms with van der Waals surface area (Å²) in [5.74, 6) is 0. The van der Waals surface area contributed by atoms with E-state index < -0.39 is 8.80 Å². The minimum Gasteiger partial charge on any atom is -0.370 e. The highest BCUT2D eigenvalue weighted by atomic mass is 28.4. The van der Waals surface area contributed by atoms with Crippen molar-refractivity contribution in [1.82, 2.24) is 0 Å². The Morgan fingerprint density at radius 3 is 1.40 bits per heavy atom. The third-order valence-corrected chi connectivity index (χ3v) is 5.42. The van der Waals surface area contributed by atoms with Crippen molar-refractivity contribution < 1.29 is 13.3 Å². The second-order valence-electron chi connectivity index (χ2n) is 5.02. The Kier molecular flexibility index (Phi) is 13.7. The van der Waals surface area contributed by atoms with Gasteiger partial charge in [0.2, 0.25) is 0 Å². The molecule has 0 rings (SSSR count). The quantitative estimate of drug-likeness (QED) is 0.338. The van der Waals surface area contributed by atoms with Gasteiger partial charge in [0, 0.05) is 19.8 Å². The standard InChI is InChI=1S/C16H34O3Si/c1-5-9-13-17-20(16-12-8-4,18-14-10-6-2)19-15-11-7-3/h12,16H,5-11,13-15H2,1-4H3. The fourth-order valence-electron chi connectivity index (χ4n) is 1.61. The van der Waals surface area contributed by atoms with Crippen LogP contribution in [0.25, 0.3) is 0 Å². The topological polar surface area (TPSA) is 27.7 Å². The number of hydrogen-bond acceptors (Lipinski definition) is 3. The van der Waals surface area contributed by atoms with Crippen molar-refractivity contribution in [2.45, 2.75) is 72.6 Å². The van der Waals surface area contributed by atoms with Gasteiger partial charge in [-0.1, -0.05) is 53.0 Å². The van der Waals surface area contributed by atoms with Gasteiger partial charge in [-0.3, -0.25) is 0 Å². The first kappa shape index (κ1) is 19.8. The molecule has 0 aromatic rings. The van der Waals surface area contributed by atoms with E-state index in [4.69, 9.17) is 13.3 Å². The summed E-state index contributed by atoms with van der Waals surface area (Å²) in [5.41, 5.74) is 2.08. The predicted molar refractivity (Wildman–Crippen MR) is 87.8 cm³/mol. The van der Waals surface area contributed by atoms with Crippen LogP contribution in [-0.4, -0.2) is 28.6 Å². The lowest BCUT2D eigenvalue weighted by Crippen LogP contribution is -2.45. The summed E-state index contributed by atoms with van der Waals surface area (Å²) in [6.45, 7) is 10.8. The molecule has 4 heteroatoms. The Hall–Kier alpha value is -0.163. The molecule has 0 spiro atoms. The molecule has 0 amide bonds. The highest BCUT2D eigenvalue weighted by molar-refractivity contribution is 6.66. The molecule has 0 aromatic heterocycles. The van der Waals surface area contributed by atoms with Crippen molar-refractivity contribution in [2.24, 2.45) is 0 Å². The first-order valence-electron chi connectivity index (χ1n) is 8.34. The fourth-order valence-corrected chi connectivity index (χ4v) is 3.96. The number of allylic oxidation sites excluding steroid dienone is 1. The van der Waals surface area contributed by atoms with Crippen LogP contribution in [-0.2, 0) is 13.3 Å². The molecule has 0 unspecified atom stereocenters. The van der Waals surface area contributed by atoms with E-state index in [0.717, 1.165) is 64.8 Å². The maximum atomic E-state index is 6.07. The zero-order valence-electron chi connectivity index (χ0n) is 14.0. The van der Waals surface area contributed by atoms with Gasteiger partial charge in [0.15, 0.2) is 0 Å². The van der Waals surface area contributed by atoms with Crippen LogP contribution in [0.1, 0.15) is 72.6 Å². The number of hydrogen-bond donors (Lipinski definition) is 0. The van der Waals surface area contributed by atoms with Gasteiger partial charge in [-0.25, -0.2) is 0 Å². The summed E-state index contributed by atoms with van der Waals surface area (Å²) >= 11 is 0. The van der Waals surface area contributed by atoms with Crippen molar-refractivity contribution in [2.75, 3.05) is 19.8 Å². The molecule has 0 atom stereocenters. The van der Waals surface area contributed by atoms with Crippen molar-refractivity contribution in [3.8, 4) is 0 Å². The van der Waals surface area contributed by atoms with Crippen LogP contribution in [0, 0.1) is 0 Å². The van der Waals surface area contributed by atoms with Crippen molar-refractivity contribution in [3.05, 3.63) is 11.8 Å². The van der Waals surface area contributed by atoms with Crippen molar-refractivity contribution in [3.63, 3.8) is 0 Å². The third kappa shape index (κ3) is 9.70. The smallest absolute Gasteiger partial charge is 0.370 e. The molecule has 20 heavy (non-hydrogen) atoms. The van der Waals surface area contributed by atoms with Crippen LogP contribution in [0.5, 0.6) is 0 Å². The average molecular weight is 303 g/mol. The second-order valence-corrected chi connectivity index (χ2v) is 7.43. The van der Waals surface area contributed by atoms with Crippen LogP contribution >= 0.6 is 0 Å². The molecule has 0 aromatic carbocycles. The molecular weight excluding hydrogens is 268 g/mol. The largest absolute Gasteiger partial charge is 0.529 e. The van der Waals surface area contributed by atoms with E-state index in [1.807, 2.05) is 0 Å². The molecule has 0 aliphatic carbocycles. The maximum Gasteiger partial charge on any atom is 0.529 e. The molecule has 0 fully saturated rings. The minimum absolute atomic E-state index is 0.731. The molecule has 0 radical (unpaired) electrons. The van der Waals surface area contributed by atoms with E-state index in [1.54, 1.807) is 0 Å². The lowest BCUT2D eigenvalue weighted by atomic mass is 10.4. The van der Waals surface area contributed by atoms with Gasteiger partial charge in [-0.15, -0.1) is 0 Å². The van der Waals surface area contributed by atoms with Gasteiger partial charge < -0.3 is 13.3 Å². The highest BCUT2D eigenvalue weighted by Gasteiger charge is 2.38. The lowest BCUT2D eigenvalue weighted by Gasteiger charge is -2.27. The van der Waals surface area contributed by atoms with E-state index in [2.05, 4.69) is 39.5 Å². The fraction of sp³-hybridized carbons (Fsp3) is 0.875. The van der Waals surface area contributed by atoms with Crippen molar-refractivity contribution in [1.29, 1.82) is 0 Å². The van der Waals surface area contributed by atoms with Crippen LogP contribution in [0.15, 0.2) is 11.8 Å². The average Bonchev–Trinajstić information content (AvgIpc) is 2.46. The molecule has 120 valence electrons.